The lowest BCUT2D eigenvalue weighted by atomic mass is 10.2. The lowest BCUT2D eigenvalue weighted by Crippen LogP contribution is -2.45. The molecule has 0 aromatic carbocycles. The summed E-state index contributed by atoms with van der Waals surface area (Å²) in [6.45, 7) is 1.28. The molecule has 2 heterocycles. The standard InChI is InChI=1S/C11H17NO4/c1-15-11(14)8-4-2-6-12(8)10(13)9-5-3-7-16-9/h8-9H,2-7H2,1H3. The van der Waals surface area contributed by atoms with Crippen molar-refractivity contribution in [3.8, 4) is 0 Å². The Balaban J connectivity index is 2.01. The fraction of sp³-hybridized carbons (Fsp3) is 0.818. The molecule has 1 amide bonds. The fourth-order valence-electron chi connectivity index (χ4n) is 2.37. The highest BCUT2D eigenvalue weighted by atomic mass is 16.5. The first-order chi connectivity index (χ1) is 7.74. The van der Waals surface area contributed by atoms with Gasteiger partial charge in [0.2, 0.25) is 0 Å². The molecule has 0 radical (unpaired) electrons. The van der Waals surface area contributed by atoms with E-state index in [-0.39, 0.29) is 18.0 Å². The van der Waals surface area contributed by atoms with Crippen molar-refractivity contribution in [2.45, 2.75) is 37.8 Å². The van der Waals surface area contributed by atoms with Gasteiger partial charge < -0.3 is 14.4 Å². The summed E-state index contributed by atoms with van der Waals surface area (Å²) in [5.41, 5.74) is 0. The molecule has 90 valence electrons. The number of amides is 1. The molecule has 16 heavy (non-hydrogen) atoms. The minimum Gasteiger partial charge on any atom is -0.467 e. The highest BCUT2D eigenvalue weighted by Crippen LogP contribution is 2.23. The van der Waals surface area contributed by atoms with E-state index >= 15 is 0 Å². The first-order valence-corrected chi connectivity index (χ1v) is 5.74. The van der Waals surface area contributed by atoms with Crippen LogP contribution in [0.2, 0.25) is 0 Å². The van der Waals surface area contributed by atoms with Crippen molar-refractivity contribution in [2.24, 2.45) is 0 Å². The molecule has 2 atom stereocenters. The number of ether oxygens (including phenoxy) is 2. The van der Waals surface area contributed by atoms with Gasteiger partial charge in [-0.05, 0) is 25.7 Å². The Morgan fingerprint density at radius 1 is 1.31 bits per heavy atom. The van der Waals surface area contributed by atoms with Gasteiger partial charge >= 0.3 is 5.97 Å². The van der Waals surface area contributed by atoms with Crippen LogP contribution in [0, 0.1) is 0 Å². The summed E-state index contributed by atoms with van der Waals surface area (Å²) >= 11 is 0. The van der Waals surface area contributed by atoms with E-state index in [0.29, 0.717) is 19.6 Å². The van der Waals surface area contributed by atoms with Gasteiger partial charge in [0.05, 0.1) is 7.11 Å². The molecule has 2 fully saturated rings. The maximum absolute atomic E-state index is 12.1. The van der Waals surface area contributed by atoms with E-state index in [2.05, 4.69) is 0 Å². The highest BCUT2D eigenvalue weighted by Gasteiger charge is 2.38. The van der Waals surface area contributed by atoms with E-state index in [9.17, 15) is 9.59 Å². The van der Waals surface area contributed by atoms with Crippen LogP contribution in [-0.4, -0.2) is 49.2 Å². The van der Waals surface area contributed by atoms with Gasteiger partial charge in [-0.15, -0.1) is 0 Å². The number of likely N-dealkylation sites (tertiary alicyclic amines) is 1. The maximum atomic E-state index is 12.1. The van der Waals surface area contributed by atoms with Gasteiger partial charge in [-0.3, -0.25) is 4.79 Å². The molecule has 2 aliphatic heterocycles. The zero-order chi connectivity index (χ0) is 11.5. The monoisotopic (exact) mass is 227 g/mol. The van der Waals surface area contributed by atoms with Crippen LogP contribution >= 0.6 is 0 Å². The molecule has 0 aromatic heterocycles. The number of hydrogen-bond acceptors (Lipinski definition) is 4. The third-order valence-corrected chi connectivity index (χ3v) is 3.21. The van der Waals surface area contributed by atoms with Crippen molar-refractivity contribution in [2.75, 3.05) is 20.3 Å². The van der Waals surface area contributed by atoms with Gasteiger partial charge in [0.25, 0.3) is 5.91 Å². The fourth-order valence-corrected chi connectivity index (χ4v) is 2.37. The first kappa shape index (κ1) is 11.4. The average Bonchev–Trinajstić information content (AvgIpc) is 2.97. The van der Waals surface area contributed by atoms with E-state index in [0.717, 1.165) is 19.3 Å². The molecule has 0 saturated carbocycles. The van der Waals surface area contributed by atoms with Crippen molar-refractivity contribution in [3.63, 3.8) is 0 Å². The Labute approximate surface area is 94.7 Å². The van der Waals surface area contributed by atoms with Crippen LogP contribution in [0.5, 0.6) is 0 Å². The molecule has 2 saturated heterocycles. The largest absolute Gasteiger partial charge is 0.467 e. The SMILES string of the molecule is COC(=O)C1CCCN1C(=O)C1CCCO1. The highest BCUT2D eigenvalue weighted by molar-refractivity contribution is 5.87. The number of esters is 1. The topological polar surface area (TPSA) is 55.8 Å². The first-order valence-electron chi connectivity index (χ1n) is 5.74. The number of rotatable bonds is 2. The molecular formula is C11H17NO4. The van der Waals surface area contributed by atoms with E-state index in [1.165, 1.54) is 7.11 Å². The Morgan fingerprint density at radius 2 is 2.12 bits per heavy atom. The Kier molecular flexibility index (Phi) is 3.43. The van der Waals surface area contributed by atoms with Gasteiger partial charge in [0, 0.05) is 13.2 Å². The summed E-state index contributed by atoms with van der Waals surface area (Å²) in [6.07, 6.45) is 2.91. The van der Waals surface area contributed by atoms with Crippen LogP contribution in [0.4, 0.5) is 0 Å². The minimum absolute atomic E-state index is 0.0506. The van der Waals surface area contributed by atoms with Crippen LogP contribution in [0.3, 0.4) is 0 Å². The second-order valence-corrected chi connectivity index (χ2v) is 4.21. The van der Waals surface area contributed by atoms with E-state index in [1.54, 1.807) is 4.90 Å². The van der Waals surface area contributed by atoms with Crippen LogP contribution in [0.1, 0.15) is 25.7 Å². The van der Waals surface area contributed by atoms with Crippen LogP contribution in [-0.2, 0) is 19.1 Å². The molecular weight excluding hydrogens is 210 g/mol. The van der Waals surface area contributed by atoms with Crippen LogP contribution < -0.4 is 0 Å². The summed E-state index contributed by atoms with van der Waals surface area (Å²) in [5.74, 6) is -0.366. The van der Waals surface area contributed by atoms with E-state index in [4.69, 9.17) is 9.47 Å². The second kappa shape index (κ2) is 4.82. The van der Waals surface area contributed by atoms with Gasteiger partial charge in [-0.25, -0.2) is 4.79 Å². The van der Waals surface area contributed by atoms with Gasteiger partial charge in [-0.2, -0.15) is 0 Å². The quantitative estimate of drug-likeness (QED) is 0.638. The minimum atomic E-state index is -0.401. The molecule has 0 spiro atoms. The Morgan fingerprint density at radius 3 is 2.75 bits per heavy atom. The van der Waals surface area contributed by atoms with Gasteiger partial charge in [0.1, 0.15) is 12.1 Å². The zero-order valence-corrected chi connectivity index (χ0v) is 9.48. The molecule has 0 aromatic rings. The zero-order valence-electron chi connectivity index (χ0n) is 9.48. The summed E-state index contributed by atoms with van der Waals surface area (Å²) in [5, 5.41) is 0. The predicted octanol–water partition coefficient (Wildman–Crippen LogP) is 0.329. The molecule has 5 heteroatoms. The second-order valence-electron chi connectivity index (χ2n) is 4.21. The number of hydrogen-bond donors (Lipinski definition) is 0. The molecule has 2 unspecified atom stereocenters. The van der Waals surface area contributed by atoms with E-state index < -0.39 is 6.04 Å². The smallest absolute Gasteiger partial charge is 0.328 e. The summed E-state index contributed by atoms with van der Waals surface area (Å²) in [4.78, 5) is 25.2. The number of methoxy groups -OCH3 is 1. The summed E-state index contributed by atoms with van der Waals surface area (Å²) in [6, 6.07) is -0.401. The molecule has 0 bridgehead atoms. The number of carbonyl (C=O) groups excluding carboxylic acids is 2. The lowest BCUT2D eigenvalue weighted by molar-refractivity contribution is -0.154. The number of carbonyl (C=O) groups is 2. The Bertz CT molecular complexity index is 286. The summed E-state index contributed by atoms with van der Waals surface area (Å²) < 4.78 is 10.0. The normalized spacial score (nSPS) is 29.4. The molecule has 0 N–H and O–H groups in total. The van der Waals surface area contributed by atoms with Crippen LogP contribution in [0.25, 0.3) is 0 Å². The molecule has 0 aliphatic carbocycles. The maximum Gasteiger partial charge on any atom is 0.328 e. The lowest BCUT2D eigenvalue weighted by Gasteiger charge is -2.25. The van der Waals surface area contributed by atoms with Gasteiger partial charge in [0.15, 0.2) is 0 Å². The third kappa shape index (κ3) is 2.04. The van der Waals surface area contributed by atoms with Crippen molar-refractivity contribution in [1.82, 2.24) is 4.90 Å². The number of nitrogens with zero attached hydrogens (tertiary/aromatic N) is 1. The Hall–Kier alpha value is -1.10. The van der Waals surface area contributed by atoms with Crippen molar-refractivity contribution in [1.29, 1.82) is 0 Å². The predicted molar refractivity (Wildman–Crippen MR) is 55.7 cm³/mol. The van der Waals surface area contributed by atoms with E-state index in [1.807, 2.05) is 0 Å². The van der Waals surface area contributed by atoms with Crippen molar-refractivity contribution < 1.29 is 19.1 Å². The molecule has 2 rings (SSSR count). The summed E-state index contributed by atoms with van der Waals surface area (Å²) in [7, 11) is 1.36. The van der Waals surface area contributed by atoms with Crippen molar-refractivity contribution >= 4 is 11.9 Å². The molecule has 2 aliphatic rings. The average molecular weight is 227 g/mol. The van der Waals surface area contributed by atoms with Gasteiger partial charge in [-0.1, -0.05) is 0 Å². The van der Waals surface area contributed by atoms with Crippen LogP contribution in [0.15, 0.2) is 0 Å². The third-order valence-electron chi connectivity index (χ3n) is 3.21. The van der Waals surface area contributed by atoms with Crippen molar-refractivity contribution in [3.05, 3.63) is 0 Å². The molecule has 5 nitrogen and oxygen atoms in total.